The molecular formula is C22H26N4O3. The zero-order chi connectivity index (χ0) is 20.5. The second kappa shape index (κ2) is 7.51. The quantitative estimate of drug-likeness (QED) is 0.848. The molecule has 2 N–H and O–H groups in total. The summed E-state index contributed by atoms with van der Waals surface area (Å²) in [5.74, 6) is -0.549. The Bertz CT molecular complexity index is 858. The van der Waals surface area contributed by atoms with Crippen LogP contribution in [0, 0.1) is 17.2 Å². The summed E-state index contributed by atoms with van der Waals surface area (Å²) >= 11 is 0. The molecule has 1 aromatic carbocycles. The summed E-state index contributed by atoms with van der Waals surface area (Å²) in [4.78, 5) is 31.7. The van der Waals surface area contributed by atoms with Gasteiger partial charge in [-0.05, 0) is 44.1 Å². The zero-order valence-electron chi connectivity index (χ0n) is 16.5. The van der Waals surface area contributed by atoms with Crippen molar-refractivity contribution >= 4 is 17.5 Å². The molecule has 2 heterocycles. The number of amides is 2. The lowest BCUT2D eigenvalue weighted by atomic mass is 9.65. The van der Waals surface area contributed by atoms with Crippen molar-refractivity contribution in [3.8, 4) is 6.07 Å². The lowest BCUT2D eigenvalue weighted by molar-refractivity contribution is -0.129. The van der Waals surface area contributed by atoms with Crippen LogP contribution in [-0.2, 0) is 19.8 Å². The maximum atomic E-state index is 12.9. The van der Waals surface area contributed by atoms with Crippen LogP contribution < -0.4 is 5.73 Å². The Labute approximate surface area is 170 Å². The van der Waals surface area contributed by atoms with E-state index < -0.39 is 11.0 Å². The molecule has 7 nitrogen and oxygen atoms in total. The molecule has 0 radical (unpaired) electrons. The van der Waals surface area contributed by atoms with Gasteiger partial charge in [-0.3, -0.25) is 9.59 Å². The predicted octanol–water partition coefficient (Wildman–Crippen LogP) is 2.26. The molecule has 0 atom stereocenters. The van der Waals surface area contributed by atoms with Gasteiger partial charge >= 0.3 is 0 Å². The second-order valence-corrected chi connectivity index (χ2v) is 8.52. The summed E-state index contributed by atoms with van der Waals surface area (Å²) in [6.07, 6.45) is 4.45. The molecule has 2 fully saturated rings. The molecule has 1 spiro atoms. The highest BCUT2D eigenvalue weighted by Crippen LogP contribution is 2.47. The third-order valence-electron chi connectivity index (χ3n) is 6.83. The van der Waals surface area contributed by atoms with Crippen molar-refractivity contribution in [1.82, 2.24) is 4.90 Å². The fraction of sp³-hybridized carbons (Fsp3) is 0.545. The Kier molecular flexibility index (Phi) is 5.03. The highest BCUT2D eigenvalue weighted by molar-refractivity contribution is 6.39. The number of rotatable bonds is 3. The molecule has 4 rings (SSSR count). The molecule has 3 aliphatic rings. The van der Waals surface area contributed by atoms with E-state index in [1.165, 1.54) is 0 Å². The lowest BCUT2D eigenvalue weighted by Crippen LogP contribution is -2.45. The van der Waals surface area contributed by atoms with Crippen molar-refractivity contribution in [1.29, 1.82) is 5.26 Å². The first-order valence-corrected chi connectivity index (χ1v) is 10.3. The van der Waals surface area contributed by atoms with Crippen molar-refractivity contribution in [3.63, 3.8) is 0 Å². The van der Waals surface area contributed by atoms with Gasteiger partial charge in [0.15, 0.2) is 0 Å². The SMILES string of the molecule is N#CC1(c2ccccc2)CCC2(CC1)CC(C(=O)N1CCC(C(N)=O)CC1)=NO2. The largest absolute Gasteiger partial charge is 0.388 e. The molecule has 0 aromatic heterocycles. The van der Waals surface area contributed by atoms with Gasteiger partial charge in [-0.25, -0.2) is 0 Å². The number of likely N-dealkylation sites (tertiary alicyclic amines) is 1. The smallest absolute Gasteiger partial charge is 0.271 e. The molecule has 1 saturated heterocycles. The predicted molar refractivity (Wildman–Crippen MR) is 107 cm³/mol. The number of nitrogens with two attached hydrogens (primary N) is 1. The average molecular weight is 394 g/mol. The first-order chi connectivity index (χ1) is 14.0. The molecule has 0 unspecified atom stereocenters. The van der Waals surface area contributed by atoms with Crippen LogP contribution in [0.2, 0.25) is 0 Å². The Morgan fingerprint density at radius 2 is 1.79 bits per heavy atom. The van der Waals surface area contributed by atoms with E-state index in [2.05, 4.69) is 11.2 Å². The van der Waals surface area contributed by atoms with Gasteiger partial charge in [0, 0.05) is 25.4 Å². The third kappa shape index (κ3) is 3.59. The van der Waals surface area contributed by atoms with Crippen LogP contribution in [0.4, 0.5) is 0 Å². The van der Waals surface area contributed by atoms with E-state index in [0.29, 0.717) is 63.7 Å². The lowest BCUT2D eigenvalue weighted by Gasteiger charge is -2.39. The van der Waals surface area contributed by atoms with Crippen LogP contribution in [0.25, 0.3) is 0 Å². The fourth-order valence-electron chi connectivity index (χ4n) is 4.81. The summed E-state index contributed by atoms with van der Waals surface area (Å²) in [6, 6.07) is 12.4. The maximum absolute atomic E-state index is 12.9. The first kappa shape index (κ1) is 19.4. The average Bonchev–Trinajstić information content (AvgIpc) is 3.18. The van der Waals surface area contributed by atoms with Crippen molar-refractivity contribution in [2.75, 3.05) is 13.1 Å². The zero-order valence-corrected chi connectivity index (χ0v) is 16.5. The van der Waals surface area contributed by atoms with Crippen LogP contribution in [0.15, 0.2) is 35.5 Å². The van der Waals surface area contributed by atoms with E-state index in [-0.39, 0.29) is 17.7 Å². The van der Waals surface area contributed by atoms with Crippen LogP contribution in [0.5, 0.6) is 0 Å². The molecule has 2 amide bonds. The molecule has 2 aliphatic heterocycles. The molecule has 0 bridgehead atoms. The van der Waals surface area contributed by atoms with Crippen molar-refractivity contribution in [2.45, 2.75) is 56.0 Å². The Hall–Kier alpha value is -2.88. The second-order valence-electron chi connectivity index (χ2n) is 8.52. The third-order valence-corrected chi connectivity index (χ3v) is 6.83. The van der Waals surface area contributed by atoms with Crippen molar-refractivity contribution < 1.29 is 14.4 Å². The highest BCUT2D eigenvalue weighted by Gasteiger charge is 2.50. The van der Waals surface area contributed by atoms with Gasteiger partial charge in [-0.15, -0.1) is 0 Å². The standard InChI is InChI=1S/C22H26N4O3/c23-15-21(17-4-2-1-3-5-17)8-10-22(11-9-21)14-18(25-29-22)20(28)26-12-6-16(7-13-26)19(24)27/h1-5,16H,6-14H2,(H2,24,27). The van der Waals surface area contributed by atoms with E-state index in [1.54, 1.807) is 4.90 Å². The molecule has 7 heteroatoms. The number of piperidine rings is 1. The minimum atomic E-state index is -0.501. The topological polar surface area (TPSA) is 109 Å². The van der Waals surface area contributed by atoms with Gasteiger partial charge in [0.1, 0.15) is 11.3 Å². The Balaban J connectivity index is 1.37. The molecule has 1 aromatic rings. The van der Waals surface area contributed by atoms with E-state index in [1.807, 2.05) is 30.3 Å². The minimum Gasteiger partial charge on any atom is -0.388 e. The van der Waals surface area contributed by atoms with E-state index >= 15 is 0 Å². The van der Waals surface area contributed by atoms with Gasteiger partial charge in [0.2, 0.25) is 5.91 Å². The van der Waals surface area contributed by atoms with Crippen molar-refractivity contribution in [3.05, 3.63) is 35.9 Å². The molecular weight excluding hydrogens is 368 g/mol. The number of hydrogen-bond donors (Lipinski definition) is 1. The molecule has 1 aliphatic carbocycles. The number of benzene rings is 1. The first-order valence-electron chi connectivity index (χ1n) is 10.3. The number of hydrogen-bond acceptors (Lipinski definition) is 5. The summed E-state index contributed by atoms with van der Waals surface area (Å²) < 4.78 is 0. The van der Waals surface area contributed by atoms with Gasteiger partial charge in [0.05, 0.1) is 11.5 Å². The summed E-state index contributed by atoms with van der Waals surface area (Å²) in [7, 11) is 0. The summed E-state index contributed by atoms with van der Waals surface area (Å²) in [6.45, 7) is 1.04. The van der Waals surface area contributed by atoms with E-state index in [4.69, 9.17) is 10.6 Å². The highest BCUT2D eigenvalue weighted by atomic mass is 16.7. The van der Waals surface area contributed by atoms with Gasteiger partial charge in [-0.2, -0.15) is 5.26 Å². The van der Waals surface area contributed by atoms with Crippen molar-refractivity contribution in [2.24, 2.45) is 16.8 Å². The number of primary amides is 1. The van der Waals surface area contributed by atoms with Crippen LogP contribution in [0.1, 0.15) is 50.5 Å². The number of carbonyl (C=O) groups is 2. The van der Waals surface area contributed by atoms with E-state index in [0.717, 1.165) is 5.56 Å². The molecule has 29 heavy (non-hydrogen) atoms. The summed E-state index contributed by atoms with van der Waals surface area (Å²) in [5, 5.41) is 14.0. The van der Waals surface area contributed by atoms with Gasteiger partial charge < -0.3 is 15.5 Å². The fourth-order valence-corrected chi connectivity index (χ4v) is 4.81. The molecule has 1 saturated carbocycles. The number of nitriles is 1. The summed E-state index contributed by atoms with van der Waals surface area (Å²) in [5.41, 5.74) is 5.89. The van der Waals surface area contributed by atoms with Crippen LogP contribution in [0.3, 0.4) is 0 Å². The normalized spacial score (nSPS) is 29.8. The monoisotopic (exact) mass is 394 g/mol. The van der Waals surface area contributed by atoms with E-state index in [9.17, 15) is 14.9 Å². The van der Waals surface area contributed by atoms with Gasteiger partial charge in [-0.1, -0.05) is 35.5 Å². The number of carbonyl (C=O) groups excluding carboxylic acids is 2. The Morgan fingerprint density at radius 3 is 2.38 bits per heavy atom. The van der Waals surface area contributed by atoms with Crippen LogP contribution in [-0.4, -0.2) is 41.1 Å². The molecule has 152 valence electrons. The maximum Gasteiger partial charge on any atom is 0.271 e. The number of nitrogens with zero attached hydrogens (tertiary/aromatic N) is 3. The minimum absolute atomic E-state index is 0.107. The number of oxime groups is 1. The Morgan fingerprint density at radius 1 is 1.14 bits per heavy atom. The van der Waals surface area contributed by atoms with Gasteiger partial charge in [0.25, 0.3) is 5.91 Å². The van der Waals surface area contributed by atoms with Crippen LogP contribution >= 0.6 is 0 Å².